The maximum Gasteiger partial charge on any atom is 0.145 e. The summed E-state index contributed by atoms with van der Waals surface area (Å²) in [6, 6.07) is 10.5. The first kappa shape index (κ1) is 28.8. The van der Waals surface area contributed by atoms with E-state index in [1.807, 2.05) is 36.0 Å². The van der Waals surface area contributed by atoms with Crippen LogP contribution in [-0.4, -0.2) is 66.0 Å². The fourth-order valence-corrected chi connectivity index (χ4v) is 7.74. The summed E-state index contributed by atoms with van der Waals surface area (Å²) in [5.74, 6) is 1.63. The van der Waals surface area contributed by atoms with Crippen LogP contribution in [0.3, 0.4) is 0 Å². The van der Waals surface area contributed by atoms with Gasteiger partial charge in [0.05, 0.1) is 60.1 Å². The summed E-state index contributed by atoms with van der Waals surface area (Å²) in [6.07, 6.45) is 9.01. The quantitative estimate of drug-likeness (QED) is 0.196. The Morgan fingerprint density at radius 1 is 0.864 bits per heavy atom. The Kier molecular flexibility index (Phi) is 7.35. The van der Waals surface area contributed by atoms with E-state index >= 15 is 0 Å². The van der Waals surface area contributed by atoms with Crippen LogP contribution in [0.1, 0.15) is 25.7 Å². The van der Waals surface area contributed by atoms with Gasteiger partial charge in [-0.25, -0.2) is 4.98 Å². The summed E-state index contributed by atoms with van der Waals surface area (Å²) in [7, 11) is 6.73. The van der Waals surface area contributed by atoms with Gasteiger partial charge in [-0.2, -0.15) is 0 Å². The van der Waals surface area contributed by atoms with E-state index in [4.69, 9.17) is 42.4 Å². The monoisotopic (exact) mass is 633 g/mol. The summed E-state index contributed by atoms with van der Waals surface area (Å²) in [6.45, 7) is 0. The van der Waals surface area contributed by atoms with Crippen molar-refractivity contribution < 1.29 is 19.3 Å². The number of pyridine rings is 2. The number of halogens is 2. The predicted octanol–water partition coefficient (Wildman–Crippen LogP) is 7.08. The second-order valence-electron chi connectivity index (χ2n) is 11.3. The summed E-state index contributed by atoms with van der Waals surface area (Å²) in [5.41, 5.74) is 6.60. The zero-order valence-corrected chi connectivity index (χ0v) is 26.4. The minimum atomic E-state index is -0.233. The van der Waals surface area contributed by atoms with Gasteiger partial charge >= 0.3 is 0 Å². The topological polar surface area (TPSA) is 93.4 Å². The van der Waals surface area contributed by atoms with Crippen molar-refractivity contribution in [1.29, 1.82) is 0 Å². The summed E-state index contributed by atoms with van der Waals surface area (Å²) >= 11 is 13.6. The van der Waals surface area contributed by atoms with Crippen molar-refractivity contribution >= 4 is 51.1 Å². The van der Waals surface area contributed by atoms with Crippen LogP contribution < -0.4 is 24.4 Å². The fourth-order valence-electron chi connectivity index (χ4n) is 7.04. The van der Waals surface area contributed by atoms with Crippen LogP contribution >= 0.6 is 23.2 Å². The molecule has 5 heterocycles. The number of imidazole rings is 1. The molecule has 0 saturated carbocycles. The lowest BCUT2D eigenvalue weighted by Gasteiger charge is -2.40. The molecule has 2 aromatic carbocycles. The second-order valence-corrected chi connectivity index (χ2v) is 12.1. The molecule has 2 aliphatic rings. The number of nitrogens with one attached hydrogen (secondary N) is 1. The van der Waals surface area contributed by atoms with Crippen molar-refractivity contribution in [3.63, 3.8) is 0 Å². The number of ether oxygens (including phenoxy) is 3. The second kappa shape index (κ2) is 11.2. The first-order chi connectivity index (χ1) is 21.4. The van der Waals surface area contributed by atoms with Crippen molar-refractivity contribution in [2.24, 2.45) is 0 Å². The van der Waals surface area contributed by atoms with Gasteiger partial charge in [-0.05, 0) is 43.9 Å². The molecule has 2 aliphatic heterocycles. The van der Waals surface area contributed by atoms with Gasteiger partial charge in [-0.1, -0.05) is 23.2 Å². The Balaban J connectivity index is 1.37. The van der Waals surface area contributed by atoms with Gasteiger partial charge in [0, 0.05) is 71.9 Å². The van der Waals surface area contributed by atoms with E-state index in [0.717, 1.165) is 70.5 Å². The van der Waals surface area contributed by atoms with Crippen molar-refractivity contribution in [1.82, 2.24) is 14.4 Å². The Labute approximate surface area is 265 Å². The van der Waals surface area contributed by atoms with Crippen molar-refractivity contribution in [3.8, 4) is 39.6 Å². The molecule has 9 nitrogen and oxygen atoms in total. The smallest absolute Gasteiger partial charge is 0.145 e. The molecule has 0 amide bonds. The Morgan fingerprint density at radius 2 is 1.55 bits per heavy atom. The number of hydrogen-bond donors (Lipinski definition) is 2. The molecule has 2 fully saturated rings. The normalized spacial score (nSPS) is 19.5. The maximum absolute atomic E-state index is 10.4. The summed E-state index contributed by atoms with van der Waals surface area (Å²) in [5, 5.41) is 15.4. The number of rotatable bonds is 7. The Morgan fingerprint density at radius 3 is 2.18 bits per heavy atom. The highest BCUT2D eigenvalue weighted by Gasteiger charge is 2.41. The van der Waals surface area contributed by atoms with Crippen LogP contribution in [0.15, 0.2) is 48.9 Å². The van der Waals surface area contributed by atoms with Gasteiger partial charge in [-0.15, -0.1) is 0 Å². The highest BCUT2D eigenvalue weighted by atomic mass is 35.5. The third kappa shape index (κ3) is 4.48. The number of aromatic nitrogens is 3. The lowest BCUT2D eigenvalue weighted by atomic mass is 9.97. The van der Waals surface area contributed by atoms with Crippen molar-refractivity contribution in [2.75, 3.05) is 38.6 Å². The number of aliphatic hydroxyl groups excluding tert-OH is 1. The molecule has 0 spiro atoms. The van der Waals surface area contributed by atoms with E-state index in [1.165, 1.54) is 0 Å². The zero-order chi connectivity index (χ0) is 30.7. The molecule has 2 saturated heterocycles. The lowest BCUT2D eigenvalue weighted by Crippen LogP contribution is -2.45. The first-order valence-corrected chi connectivity index (χ1v) is 15.3. The number of methoxy groups -OCH3 is 3. The molecule has 3 aromatic heterocycles. The van der Waals surface area contributed by atoms with Gasteiger partial charge in [0.2, 0.25) is 0 Å². The lowest BCUT2D eigenvalue weighted by molar-refractivity contribution is 0.126. The largest absolute Gasteiger partial charge is 0.496 e. The standard InChI is InChI=1S/C33H33Cl2N5O4/c1-36-24-12-21(27(42-2)14-26(24)40-18-5-6-19(40)11-20(41)10-18)23-13-25-17(16-38-23)9-22(33-37-7-8-39(25)33)30-31(34)28(43-3)15-29(44-4)32(30)35/h7-9,12-16,18-20,36,41H,5-6,10-11H2,1-4H3. The van der Waals surface area contributed by atoms with E-state index in [1.54, 1.807) is 33.6 Å². The average molecular weight is 635 g/mol. The van der Waals surface area contributed by atoms with Crippen molar-refractivity contribution in [3.05, 3.63) is 59.0 Å². The Bertz CT molecular complexity index is 1870. The zero-order valence-electron chi connectivity index (χ0n) is 24.9. The third-order valence-electron chi connectivity index (χ3n) is 9.05. The van der Waals surface area contributed by atoms with Gasteiger partial charge < -0.3 is 29.5 Å². The molecule has 0 aliphatic carbocycles. The molecule has 2 unspecified atom stereocenters. The van der Waals surface area contributed by atoms with Crippen LogP contribution in [0.5, 0.6) is 17.2 Å². The molecule has 0 radical (unpaired) electrons. The van der Waals surface area contributed by atoms with Crippen LogP contribution in [0.4, 0.5) is 11.4 Å². The number of fused-ring (bicyclic) bond motifs is 5. The van der Waals surface area contributed by atoms with Gasteiger partial charge in [0.1, 0.15) is 22.9 Å². The molecule has 2 bridgehead atoms. The van der Waals surface area contributed by atoms with Crippen LogP contribution in [-0.2, 0) is 0 Å². The number of aliphatic hydroxyl groups is 1. The Hall–Kier alpha value is -3.92. The fraction of sp³-hybridized carbons (Fsp3) is 0.333. The highest BCUT2D eigenvalue weighted by Crippen LogP contribution is 2.49. The van der Waals surface area contributed by atoms with E-state index in [-0.39, 0.29) is 6.10 Å². The number of piperidine rings is 1. The molecule has 2 N–H and O–H groups in total. The molecule has 11 heteroatoms. The number of hydrogen-bond acceptors (Lipinski definition) is 8. The molecule has 228 valence electrons. The summed E-state index contributed by atoms with van der Waals surface area (Å²) in [4.78, 5) is 12.0. The molecular formula is C33H33Cl2N5O4. The van der Waals surface area contributed by atoms with Crippen molar-refractivity contribution in [2.45, 2.75) is 43.9 Å². The third-order valence-corrected chi connectivity index (χ3v) is 9.80. The van der Waals surface area contributed by atoms with E-state index in [9.17, 15) is 5.11 Å². The van der Waals surface area contributed by atoms with Gasteiger partial charge in [-0.3, -0.25) is 9.38 Å². The number of nitrogens with zero attached hydrogens (tertiary/aromatic N) is 4. The first-order valence-electron chi connectivity index (χ1n) is 14.6. The van der Waals surface area contributed by atoms with E-state index < -0.39 is 0 Å². The summed E-state index contributed by atoms with van der Waals surface area (Å²) < 4.78 is 19.0. The molecule has 44 heavy (non-hydrogen) atoms. The SMILES string of the molecule is CNc1cc(-c2cc3c(cn2)cc(-c2c(Cl)c(OC)cc(OC)c2Cl)c2nccn23)c(OC)cc1N1C2CCC1CC(O)C2. The van der Waals surface area contributed by atoms with Crippen LogP contribution in [0.25, 0.3) is 38.9 Å². The van der Waals surface area contributed by atoms with Gasteiger partial charge in [0.15, 0.2) is 0 Å². The molecule has 7 rings (SSSR count). The van der Waals surface area contributed by atoms with Gasteiger partial charge in [0.25, 0.3) is 0 Å². The highest BCUT2D eigenvalue weighted by molar-refractivity contribution is 6.41. The van der Waals surface area contributed by atoms with Crippen LogP contribution in [0.2, 0.25) is 10.0 Å². The predicted molar refractivity (Wildman–Crippen MR) is 175 cm³/mol. The minimum absolute atomic E-state index is 0.233. The maximum atomic E-state index is 10.4. The average Bonchev–Trinajstić information content (AvgIpc) is 3.63. The molecular weight excluding hydrogens is 601 g/mol. The molecule has 2 atom stereocenters. The van der Waals surface area contributed by atoms with E-state index in [0.29, 0.717) is 44.8 Å². The number of anilines is 2. The minimum Gasteiger partial charge on any atom is -0.496 e. The van der Waals surface area contributed by atoms with Crippen LogP contribution in [0, 0.1) is 0 Å². The molecule has 5 aromatic rings. The number of benzene rings is 2. The van der Waals surface area contributed by atoms with E-state index in [2.05, 4.69) is 27.3 Å².